The number of fused-ring (bicyclic) bond motifs is 1. The van der Waals surface area contributed by atoms with Crippen molar-refractivity contribution in [3.05, 3.63) is 12.2 Å². The molecule has 0 N–H and O–H groups in total. The Morgan fingerprint density at radius 2 is 1.85 bits per heavy atom. The van der Waals surface area contributed by atoms with Crippen LogP contribution in [0.5, 0.6) is 0 Å². The van der Waals surface area contributed by atoms with Gasteiger partial charge in [0.1, 0.15) is 6.10 Å². The van der Waals surface area contributed by atoms with Crippen molar-refractivity contribution in [1.29, 1.82) is 0 Å². The number of carbonyl (C=O) groups excluding carboxylic acids is 1. The van der Waals surface area contributed by atoms with Gasteiger partial charge in [0, 0.05) is 31.5 Å². The summed E-state index contributed by atoms with van der Waals surface area (Å²) in [7, 11) is 0. The molecular weight excluding hydrogens is 420 g/mol. The van der Waals surface area contributed by atoms with E-state index in [0.717, 1.165) is 64.6 Å². The Morgan fingerprint density at radius 1 is 1.09 bits per heavy atom. The van der Waals surface area contributed by atoms with Crippen LogP contribution in [0, 0.1) is 17.8 Å². The summed E-state index contributed by atoms with van der Waals surface area (Å²) in [5, 5.41) is 0. The lowest BCUT2D eigenvalue weighted by Gasteiger charge is -2.30. The maximum atomic E-state index is 12.0. The summed E-state index contributed by atoms with van der Waals surface area (Å²) >= 11 is 0. The molecule has 0 amide bonds. The maximum Gasteiger partial charge on any atom is 0.306 e. The number of hydrogen-bond acceptors (Lipinski definition) is 6. The van der Waals surface area contributed by atoms with Gasteiger partial charge in [0.2, 0.25) is 0 Å². The highest BCUT2D eigenvalue weighted by atomic mass is 16.7. The highest BCUT2D eigenvalue weighted by Crippen LogP contribution is 2.44. The molecule has 0 aromatic heterocycles. The lowest BCUT2D eigenvalue weighted by Crippen LogP contribution is -2.31. The van der Waals surface area contributed by atoms with E-state index in [-0.39, 0.29) is 48.7 Å². The molecule has 1 saturated carbocycles. The molecule has 188 valence electrons. The van der Waals surface area contributed by atoms with Crippen molar-refractivity contribution in [2.75, 3.05) is 13.2 Å². The minimum absolute atomic E-state index is 0.0172. The molecule has 3 saturated heterocycles. The lowest BCUT2D eigenvalue weighted by atomic mass is 9.90. The van der Waals surface area contributed by atoms with Crippen molar-refractivity contribution < 1.29 is 28.5 Å². The van der Waals surface area contributed by atoms with Gasteiger partial charge in [0.25, 0.3) is 0 Å². The van der Waals surface area contributed by atoms with Crippen LogP contribution in [0.25, 0.3) is 0 Å². The first-order valence-corrected chi connectivity index (χ1v) is 13.5. The van der Waals surface area contributed by atoms with E-state index in [4.69, 9.17) is 23.7 Å². The number of rotatable bonds is 11. The third-order valence-corrected chi connectivity index (χ3v) is 7.71. The minimum atomic E-state index is -0.133. The zero-order valence-corrected chi connectivity index (χ0v) is 20.6. The van der Waals surface area contributed by atoms with Gasteiger partial charge in [-0.25, -0.2) is 0 Å². The molecule has 0 aromatic rings. The van der Waals surface area contributed by atoms with Crippen LogP contribution in [0.15, 0.2) is 12.2 Å². The van der Waals surface area contributed by atoms with Crippen LogP contribution in [0.3, 0.4) is 0 Å². The van der Waals surface area contributed by atoms with Gasteiger partial charge in [0.15, 0.2) is 12.6 Å². The predicted octanol–water partition coefficient (Wildman–Crippen LogP) is 5.53. The highest BCUT2D eigenvalue weighted by molar-refractivity contribution is 5.72. The Balaban J connectivity index is 1.43. The van der Waals surface area contributed by atoms with E-state index in [1.165, 1.54) is 19.3 Å². The van der Waals surface area contributed by atoms with Crippen molar-refractivity contribution in [2.45, 2.75) is 122 Å². The second-order valence-corrected chi connectivity index (χ2v) is 10.5. The molecule has 6 heteroatoms. The molecule has 0 bridgehead atoms. The van der Waals surface area contributed by atoms with Crippen LogP contribution >= 0.6 is 0 Å². The first-order valence-electron chi connectivity index (χ1n) is 13.5. The van der Waals surface area contributed by atoms with E-state index in [2.05, 4.69) is 26.0 Å². The van der Waals surface area contributed by atoms with Gasteiger partial charge >= 0.3 is 5.97 Å². The van der Waals surface area contributed by atoms with E-state index in [9.17, 15) is 4.79 Å². The van der Waals surface area contributed by atoms with E-state index >= 15 is 0 Å². The van der Waals surface area contributed by atoms with Gasteiger partial charge in [-0.1, -0.05) is 45.3 Å². The molecule has 33 heavy (non-hydrogen) atoms. The zero-order valence-electron chi connectivity index (χ0n) is 20.6. The monoisotopic (exact) mass is 464 g/mol. The second-order valence-electron chi connectivity index (χ2n) is 10.5. The standard InChI is InChI=1S/C27H44O6/c1-3-4-9-19(2)16-20(31-26-10-5-7-14-29-26)12-13-21-22-17-25(28)32-24(22)18-23(21)33-27-11-6-8-15-30-27/h12-13,19-24,26-27H,3-11,14-18H2,1-2H3/b13-12+/t19-,20+,21+,22+,23+,24-,26?,27?/m0/s1. The smallest absolute Gasteiger partial charge is 0.306 e. The largest absolute Gasteiger partial charge is 0.462 e. The lowest BCUT2D eigenvalue weighted by molar-refractivity contribution is -0.194. The van der Waals surface area contributed by atoms with E-state index in [1.54, 1.807) is 0 Å². The number of unbranched alkanes of at least 4 members (excludes halogenated alkanes) is 1. The fourth-order valence-corrected chi connectivity index (χ4v) is 5.84. The Kier molecular flexibility index (Phi) is 9.65. The van der Waals surface area contributed by atoms with Gasteiger partial charge in [0.05, 0.1) is 18.6 Å². The van der Waals surface area contributed by atoms with E-state index in [0.29, 0.717) is 12.3 Å². The second kappa shape index (κ2) is 12.7. The summed E-state index contributed by atoms with van der Waals surface area (Å²) in [6.07, 6.45) is 16.6. The molecule has 1 aliphatic carbocycles. The van der Waals surface area contributed by atoms with E-state index < -0.39 is 0 Å². The van der Waals surface area contributed by atoms with Crippen molar-refractivity contribution in [1.82, 2.24) is 0 Å². The summed E-state index contributed by atoms with van der Waals surface area (Å²) in [6.45, 7) is 6.12. The normalized spacial score (nSPS) is 36.6. The van der Waals surface area contributed by atoms with Crippen LogP contribution in [0.2, 0.25) is 0 Å². The SMILES string of the molecule is CCCC[C@H](C)C[C@@H](/C=C/[C@@H]1[C@H]2CC(=O)O[C@H]2C[C@H]1OC1CCCCO1)OC1CCCCO1. The Labute approximate surface area is 199 Å². The third kappa shape index (κ3) is 7.27. The maximum absolute atomic E-state index is 12.0. The Bertz CT molecular complexity index is 624. The summed E-state index contributed by atoms with van der Waals surface area (Å²) in [6, 6.07) is 0. The molecule has 0 aromatic carbocycles. The quantitative estimate of drug-likeness (QED) is 0.296. The molecule has 4 fully saturated rings. The molecule has 3 heterocycles. The minimum Gasteiger partial charge on any atom is -0.462 e. The molecule has 4 aliphatic rings. The number of esters is 1. The average molecular weight is 465 g/mol. The fourth-order valence-electron chi connectivity index (χ4n) is 5.84. The van der Waals surface area contributed by atoms with Gasteiger partial charge in [-0.15, -0.1) is 0 Å². The van der Waals surface area contributed by atoms with Crippen LogP contribution in [-0.2, 0) is 28.5 Å². The van der Waals surface area contributed by atoms with Crippen molar-refractivity contribution >= 4 is 5.97 Å². The number of carbonyl (C=O) groups is 1. The first-order chi connectivity index (χ1) is 16.1. The van der Waals surface area contributed by atoms with Crippen molar-refractivity contribution in [2.24, 2.45) is 17.8 Å². The first kappa shape index (κ1) is 25.2. The molecule has 4 rings (SSSR count). The zero-order chi connectivity index (χ0) is 23.0. The topological polar surface area (TPSA) is 63.2 Å². The molecule has 2 unspecified atom stereocenters. The fraction of sp³-hybridized carbons (Fsp3) is 0.889. The average Bonchev–Trinajstić information content (AvgIpc) is 3.32. The Morgan fingerprint density at radius 3 is 2.55 bits per heavy atom. The Hall–Kier alpha value is -0.950. The van der Waals surface area contributed by atoms with Gasteiger partial charge < -0.3 is 23.7 Å². The summed E-state index contributed by atoms with van der Waals surface area (Å²) in [5.74, 6) is 0.855. The van der Waals surface area contributed by atoms with Gasteiger partial charge in [-0.2, -0.15) is 0 Å². The van der Waals surface area contributed by atoms with Crippen LogP contribution < -0.4 is 0 Å². The summed E-state index contributed by atoms with van der Waals surface area (Å²) in [5.41, 5.74) is 0. The molecule has 3 aliphatic heterocycles. The van der Waals surface area contributed by atoms with Crippen LogP contribution in [-0.4, -0.2) is 50.1 Å². The third-order valence-electron chi connectivity index (χ3n) is 7.71. The van der Waals surface area contributed by atoms with Crippen molar-refractivity contribution in [3.8, 4) is 0 Å². The van der Waals surface area contributed by atoms with E-state index in [1.807, 2.05) is 0 Å². The molecular formula is C27H44O6. The molecule has 0 spiro atoms. The predicted molar refractivity (Wildman–Crippen MR) is 125 cm³/mol. The summed E-state index contributed by atoms with van der Waals surface area (Å²) in [4.78, 5) is 12.0. The number of ether oxygens (including phenoxy) is 5. The van der Waals surface area contributed by atoms with Crippen LogP contribution in [0.1, 0.15) is 90.9 Å². The van der Waals surface area contributed by atoms with Crippen LogP contribution in [0.4, 0.5) is 0 Å². The van der Waals surface area contributed by atoms with Gasteiger partial charge in [-0.3, -0.25) is 4.79 Å². The highest BCUT2D eigenvalue weighted by Gasteiger charge is 2.50. The molecule has 8 atom stereocenters. The van der Waals surface area contributed by atoms with Crippen molar-refractivity contribution in [3.63, 3.8) is 0 Å². The molecule has 6 nitrogen and oxygen atoms in total. The molecule has 0 radical (unpaired) electrons. The summed E-state index contributed by atoms with van der Waals surface area (Å²) < 4.78 is 30.2. The van der Waals surface area contributed by atoms with Gasteiger partial charge in [-0.05, 0) is 50.9 Å². The number of hydrogen-bond donors (Lipinski definition) is 0.